The molecule has 2 aromatic carbocycles. The van der Waals surface area contributed by atoms with E-state index in [0.717, 1.165) is 43.1 Å². The third-order valence-electron chi connectivity index (χ3n) is 5.06. The number of fused-ring (bicyclic) bond motifs is 1. The molecule has 0 spiro atoms. The Morgan fingerprint density at radius 1 is 0.964 bits per heavy atom. The molecule has 2 aromatic rings. The number of rotatable bonds is 6. The fraction of sp³-hybridized carbons (Fsp3) is 0.400. The molecule has 152 valence electrons. The average Bonchev–Trinajstić information content (AvgIpc) is 2.66. The van der Waals surface area contributed by atoms with Crippen molar-refractivity contribution in [3.05, 3.63) is 53.1 Å². The first-order chi connectivity index (χ1) is 13.1. The maximum absolute atomic E-state index is 13.0. The Hall–Kier alpha value is -1.90. The molecule has 0 unspecified atom stereocenters. The van der Waals surface area contributed by atoms with Gasteiger partial charge in [-0.3, -0.25) is 0 Å². The van der Waals surface area contributed by atoms with Crippen LogP contribution in [0.4, 0.5) is 0 Å². The van der Waals surface area contributed by atoms with Gasteiger partial charge in [0.15, 0.2) is 9.84 Å². The largest absolute Gasteiger partial charge is 0.495 e. The van der Waals surface area contributed by atoms with E-state index in [1.54, 1.807) is 25.1 Å². The van der Waals surface area contributed by atoms with Gasteiger partial charge in [0.25, 0.3) is 0 Å². The van der Waals surface area contributed by atoms with Crippen molar-refractivity contribution in [2.75, 3.05) is 13.4 Å². The molecule has 1 N–H and O–H groups in total. The predicted molar refractivity (Wildman–Crippen MR) is 108 cm³/mol. The zero-order valence-corrected chi connectivity index (χ0v) is 17.9. The normalized spacial score (nSPS) is 15.7. The summed E-state index contributed by atoms with van der Waals surface area (Å²) in [5.41, 5.74) is 2.87. The van der Waals surface area contributed by atoms with E-state index >= 15 is 0 Å². The van der Waals surface area contributed by atoms with E-state index in [9.17, 15) is 16.8 Å². The molecule has 0 radical (unpaired) electrons. The number of ether oxygens (including phenoxy) is 1. The van der Waals surface area contributed by atoms with Crippen LogP contribution >= 0.6 is 0 Å². The summed E-state index contributed by atoms with van der Waals surface area (Å²) >= 11 is 0. The first-order valence-electron chi connectivity index (χ1n) is 9.14. The highest BCUT2D eigenvalue weighted by molar-refractivity contribution is 7.90. The molecule has 3 rings (SSSR count). The van der Waals surface area contributed by atoms with E-state index in [0.29, 0.717) is 11.3 Å². The lowest BCUT2D eigenvalue weighted by Crippen LogP contribution is -2.27. The molecular formula is C20H25NO5S2. The Morgan fingerprint density at radius 3 is 2.07 bits per heavy atom. The van der Waals surface area contributed by atoms with Gasteiger partial charge in [-0.1, -0.05) is 12.1 Å². The van der Waals surface area contributed by atoms with E-state index in [-0.39, 0.29) is 9.79 Å². The second-order valence-corrected chi connectivity index (χ2v) is 10.9. The zero-order chi connectivity index (χ0) is 20.5. The summed E-state index contributed by atoms with van der Waals surface area (Å²) < 4.78 is 57.2. The molecule has 0 aromatic heterocycles. The minimum absolute atomic E-state index is 0.134. The van der Waals surface area contributed by atoms with Crippen molar-refractivity contribution < 1.29 is 21.6 Å². The fourth-order valence-electron chi connectivity index (χ4n) is 3.48. The topological polar surface area (TPSA) is 89.5 Å². The molecule has 0 fully saturated rings. The lowest BCUT2D eigenvalue weighted by Gasteiger charge is -2.21. The van der Waals surface area contributed by atoms with Crippen LogP contribution in [0.3, 0.4) is 0 Å². The molecule has 6 nitrogen and oxygen atoms in total. The SMILES string of the molecule is COc1cc2c(cc1S(=O)(=O)N[C@H](C)c1ccc(S(C)(=O)=O)cc1)CCCC2. The second kappa shape index (κ2) is 7.85. The number of hydrogen-bond donors (Lipinski definition) is 1. The Bertz CT molecular complexity index is 1070. The van der Waals surface area contributed by atoms with Gasteiger partial charge in [-0.05, 0) is 73.6 Å². The highest BCUT2D eigenvalue weighted by Crippen LogP contribution is 2.32. The van der Waals surface area contributed by atoms with Crippen LogP contribution in [0, 0.1) is 0 Å². The molecule has 0 amide bonds. The number of benzene rings is 2. The van der Waals surface area contributed by atoms with Crippen molar-refractivity contribution in [1.82, 2.24) is 4.72 Å². The molecule has 1 aliphatic rings. The van der Waals surface area contributed by atoms with Crippen LogP contribution in [-0.2, 0) is 32.7 Å². The van der Waals surface area contributed by atoms with Gasteiger partial charge in [-0.2, -0.15) is 0 Å². The maximum Gasteiger partial charge on any atom is 0.244 e. The molecule has 0 bridgehead atoms. The average molecular weight is 424 g/mol. The van der Waals surface area contributed by atoms with Gasteiger partial charge in [0.2, 0.25) is 10.0 Å². The third kappa shape index (κ3) is 4.39. The molecular weight excluding hydrogens is 398 g/mol. The van der Waals surface area contributed by atoms with Crippen molar-refractivity contribution in [2.45, 2.75) is 48.4 Å². The van der Waals surface area contributed by atoms with Crippen LogP contribution in [0.25, 0.3) is 0 Å². The monoisotopic (exact) mass is 423 g/mol. The lowest BCUT2D eigenvalue weighted by molar-refractivity contribution is 0.400. The smallest absolute Gasteiger partial charge is 0.244 e. The van der Waals surface area contributed by atoms with Crippen LogP contribution < -0.4 is 9.46 Å². The Labute approximate surface area is 166 Å². The maximum atomic E-state index is 13.0. The van der Waals surface area contributed by atoms with Gasteiger partial charge in [0, 0.05) is 12.3 Å². The zero-order valence-electron chi connectivity index (χ0n) is 16.2. The van der Waals surface area contributed by atoms with Crippen LogP contribution in [0.15, 0.2) is 46.2 Å². The Kier molecular flexibility index (Phi) is 5.84. The Balaban J connectivity index is 1.89. The quantitative estimate of drug-likeness (QED) is 0.771. The summed E-state index contributed by atoms with van der Waals surface area (Å²) in [7, 11) is -5.64. The number of aryl methyl sites for hydroxylation is 2. The highest BCUT2D eigenvalue weighted by Gasteiger charge is 2.25. The highest BCUT2D eigenvalue weighted by atomic mass is 32.2. The third-order valence-corrected chi connectivity index (χ3v) is 7.75. The van der Waals surface area contributed by atoms with Crippen LogP contribution in [0.1, 0.15) is 42.5 Å². The van der Waals surface area contributed by atoms with Crippen LogP contribution in [-0.4, -0.2) is 30.2 Å². The number of sulfonamides is 1. The van der Waals surface area contributed by atoms with Crippen molar-refractivity contribution >= 4 is 19.9 Å². The van der Waals surface area contributed by atoms with Gasteiger partial charge >= 0.3 is 0 Å². The molecule has 0 heterocycles. The van der Waals surface area contributed by atoms with Gasteiger partial charge in [0.1, 0.15) is 10.6 Å². The van der Waals surface area contributed by atoms with Crippen LogP contribution in [0.5, 0.6) is 5.75 Å². The Morgan fingerprint density at radius 2 is 1.54 bits per heavy atom. The molecule has 0 saturated carbocycles. The molecule has 1 aliphatic carbocycles. The van der Waals surface area contributed by atoms with E-state index in [1.807, 2.05) is 6.07 Å². The predicted octanol–water partition coefficient (Wildman–Crippen LogP) is 3.02. The van der Waals surface area contributed by atoms with Crippen molar-refractivity contribution in [3.8, 4) is 5.75 Å². The number of sulfone groups is 1. The summed E-state index contributed by atoms with van der Waals surface area (Å²) in [6, 6.07) is 9.22. The second-order valence-electron chi connectivity index (χ2n) is 7.16. The minimum atomic E-state index is -3.82. The number of hydrogen-bond acceptors (Lipinski definition) is 5. The molecule has 0 saturated heterocycles. The van der Waals surface area contributed by atoms with Gasteiger partial charge in [-0.15, -0.1) is 0 Å². The lowest BCUT2D eigenvalue weighted by atomic mass is 9.92. The van der Waals surface area contributed by atoms with Crippen LogP contribution in [0.2, 0.25) is 0 Å². The van der Waals surface area contributed by atoms with E-state index in [4.69, 9.17) is 4.74 Å². The summed E-state index contributed by atoms with van der Waals surface area (Å²) in [5, 5.41) is 0. The fourth-order valence-corrected chi connectivity index (χ4v) is 5.54. The molecule has 28 heavy (non-hydrogen) atoms. The summed E-state index contributed by atoms with van der Waals surface area (Å²) in [6.45, 7) is 1.72. The van der Waals surface area contributed by atoms with Crippen molar-refractivity contribution in [3.63, 3.8) is 0 Å². The summed E-state index contributed by atoms with van der Waals surface area (Å²) in [4.78, 5) is 0.331. The molecule has 8 heteroatoms. The number of methoxy groups -OCH3 is 1. The van der Waals surface area contributed by atoms with Crippen molar-refractivity contribution in [2.24, 2.45) is 0 Å². The van der Waals surface area contributed by atoms with Gasteiger partial charge < -0.3 is 4.74 Å². The van der Waals surface area contributed by atoms with Gasteiger partial charge in [0.05, 0.1) is 12.0 Å². The first-order valence-corrected chi connectivity index (χ1v) is 12.5. The van der Waals surface area contributed by atoms with Crippen molar-refractivity contribution in [1.29, 1.82) is 0 Å². The van der Waals surface area contributed by atoms with E-state index < -0.39 is 25.9 Å². The molecule has 1 atom stereocenters. The minimum Gasteiger partial charge on any atom is -0.495 e. The first kappa shape index (κ1) is 20.8. The summed E-state index contributed by atoms with van der Waals surface area (Å²) in [6.07, 6.45) is 5.08. The summed E-state index contributed by atoms with van der Waals surface area (Å²) in [5.74, 6) is 0.341. The number of nitrogens with one attached hydrogen (secondary N) is 1. The standard InChI is InChI=1S/C20H25NO5S2/c1-14(15-8-10-18(11-9-15)27(3,22)23)21-28(24,25)20-13-17-7-5-4-6-16(17)12-19(20)26-2/h8-14,21H,4-7H2,1-3H3/t14-/m1/s1. The van der Waals surface area contributed by atoms with Gasteiger partial charge in [-0.25, -0.2) is 21.6 Å². The van der Waals surface area contributed by atoms with E-state index in [1.165, 1.54) is 19.2 Å². The molecule has 0 aliphatic heterocycles. The van der Waals surface area contributed by atoms with E-state index in [2.05, 4.69) is 4.72 Å².